The van der Waals surface area contributed by atoms with Crippen molar-refractivity contribution in [1.29, 1.82) is 0 Å². The van der Waals surface area contributed by atoms with Crippen LogP contribution < -0.4 is 0 Å². The van der Waals surface area contributed by atoms with E-state index in [-0.39, 0.29) is 17.0 Å². The third-order valence-electron chi connectivity index (χ3n) is 3.66. The van der Waals surface area contributed by atoms with E-state index in [2.05, 4.69) is 9.97 Å². The van der Waals surface area contributed by atoms with Gasteiger partial charge in [-0.2, -0.15) is 13.2 Å². The first kappa shape index (κ1) is 17.6. The molecule has 1 N–H and O–H groups in total. The molecule has 0 radical (unpaired) electrons. The Balaban J connectivity index is 2.23. The van der Waals surface area contributed by atoms with Gasteiger partial charge in [0.1, 0.15) is 23.0 Å². The van der Waals surface area contributed by atoms with Crippen LogP contribution in [0.5, 0.6) is 0 Å². The summed E-state index contributed by atoms with van der Waals surface area (Å²) in [6.45, 7) is -0.474. The Morgan fingerprint density at radius 2 is 1.73 bits per heavy atom. The minimum Gasteiger partial charge on any atom is -0.477 e. The number of nitrogens with zero attached hydrogens (tertiary/aromatic N) is 3. The van der Waals surface area contributed by atoms with Crippen LogP contribution >= 0.6 is 0 Å². The van der Waals surface area contributed by atoms with Gasteiger partial charge in [0.2, 0.25) is 0 Å². The van der Waals surface area contributed by atoms with E-state index in [0.29, 0.717) is 4.57 Å². The molecule has 1 aromatic carbocycles. The van der Waals surface area contributed by atoms with Crippen LogP contribution in [0.1, 0.15) is 22.0 Å². The molecule has 2 heterocycles. The molecule has 0 aliphatic rings. The Morgan fingerprint density at radius 1 is 1.12 bits per heavy atom. The first-order valence-electron chi connectivity index (χ1n) is 7.33. The highest BCUT2D eigenvalue weighted by molar-refractivity contribution is 5.95. The molecule has 0 fully saturated rings. The van der Waals surface area contributed by atoms with Gasteiger partial charge in [0.15, 0.2) is 0 Å². The fourth-order valence-corrected chi connectivity index (χ4v) is 2.58. The van der Waals surface area contributed by atoms with Crippen molar-refractivity contribution in [2.75, 3.05) is 0 Å². The van der Waals surface area contributed by atoms with Gasteiger partial charge in [-0.05, 0) is 29.8 Å². The monoisotopic (exact) mass is 365 g/mol. The Bertz CT molecular complexity index is 935. The second-order valence-electron chi connectivity index (χ2n) is 5.35. The number of halogens is 4. The first-order chi connectivity index (χ1) is 12.3. The zero-order chi connectivity index (χ0) is 18.9. The highest BCUT2D eigenvalue weighted by atomic mass is 19.4. The lowest BCUT2D eigenvalue weighted by molar-refractivity contribution is -0.143. The van der Waals surface area contributed by atoms with Crippen LogP contribution in [0.2, 0.25) is 0 Å². The van der Waals surface area contributed by atoms with Gasteiger partial charge in [-0.15, -0.1) is 0 Å². The molecular formula is C17H11F4N3O2. The third kappa shape index (κ3) is 3.41. The van der Waals surface area contributed by atoms with Crippen molar-refractivity contribution in [1.82, 2.24) is 14.5 Å². The van der Waals surface area contributed by atoms with Crippen LogP contribution in [-0.4, -0.2) is 25.6 Å². The summed E-state index contributed by atoms with van der Waals surface area (Å²) >= 11 is 0. The highest BCUT2D eigenvalue weighted by Crippen LogP contribution is 2.37. The van der Waals surface area contributed by atoms with Gasteiger partial charge < -0.3 is 9.67 Å². The Morgan fingerprint density at radius 3 is 2.27 bits per heavy atom. The molecule has 3 rings (SSSR count). The van der Waals surface area contributed by atoms with E-state index in [1.165, 1.54) is 30.6 Å². The minimum atomic E-state index is -4.79. The van der Waals surface area contributed by atoms with E-state index in [1.54, 1.807) is 0 Å². The molecule has 0 atom stereocenters. The molecule has 134 valence electrons. The van der Waals surface area contributed by atoms with Crippen LogP contribution in [0.4, 0.5) is 17.6 Å². The van der Waals surface area contributed by atoms with Crippen LogP contribution in [0.15, 0.2) is 48.8 Å². The van der Waals surface area contributed by atoms with Crippen molar-refractivity contribution in [2.24, 2.45) is 0 Å². The summed E-state index contributed by atoms with van der Waals surface area (Å²) in [5.74, 6) is -2.10. The molecule has 3 aromatic rings. The number of benzene rings is 1. The molecule has 0 unspecified atom stereocenters. The Labute approximate surface area is 144 Å². The van der Waals surface area contributed by atoms with Gasteiger partial charge in [-0.1, -0.05) is 12.1 Å². The molecule has 26 heavy (non-hydrogen) atoms. The van der Waals surface area contributed by atoms with E-state index in [4.69, 9.17) is 0 Å². The molecule has 9 heteroatoms. The fraction of sp³-hybridized carbons (Fsp3) is 0.118. The lowest BCUT2D eigenvalue weighted by Crippen LogP contribution is -2.19. The average Bonchev–Trinajstić information content (AvgIpc) is 2.96. The molecule has 0 amide bonds. The van der Waals surface area contributed by atoms with Gasteiger partial charge in [-0.3, -0.25) is 0 Å². The number of carbonyl (C=O) groups is 1. The van der Waals surface area contributed by atoms with Crippen molar-refractivity contribution in [3.8, 4) is 11.1 Å². The van der Waals surface area contributed by atoms with E-state index in [9.17, 15) is 27.5 Å². The molecule has 0 bridgehead atoms. The summed E-state index contributed by atoms with van der Waals surface area (Å²) in [6.07, 6.45) is -2.10. The summed E-state index contributed by atoms with van der Waals surface area (Å²) < 4.78 is 54.1. The summed E-state index contributed by atoms with van der Waals surface area (Å²) in [5, 5.41) is 9.52. The first-order valence-corrected chi connectivity index (χ1v) is 7.33. The quantitative estimate of drug-likeness (QED) is 0.713. The predicted molar refractivity (Wildman–Crippen MR) is 82.9 cm³/mol. The van der Waals surface area contributed by atoms with Gasteiger partial charge in [-0.25, -0.2) is 19.2 Å². The molecule has 0 aliphatic heterocycles. The smallest absolute Gasteiger partial charge is 0.431 e. The zero-order valence-corrected chi connectivity index (χ0v) is 13.0. The van der Waals surface area contributed by atoms with Crippen molar-refractivity contribution in [3.63, 3.8) is 0 Å². The third-order valence-corrected chi connectivity index (χ3v) is 3.66. The van der Waals surface area contributed by atoms with Crippen LogP contribution in [0, 0.1) is 5.82 Å². The summed E-state index contributed by atoms with van der Waals surface area (Å²) in [7, 11) is 0. The summed E-state index contributed by atoms with van der Waals surface area (Å²) in [6, 6.07) is 6.77. The standard InChI is InChI=1S/C17H11F4N3O2/c18-11-4-2-10(3-5-11)12-8-13(17(19,20)21)24(15(12)16(25)26)9-14-22-6-1-7-23-14/h1-8H,9H2,(H,25,26). The van der Waals surface area contributed by atoms with E-state index < -0.39 is 35.9 Å². The van der Waals surface area contributed by atoms with Gasteiger partial charge in [0.25, 0.3) is 0 Å². The Kier molecular flexibility index (Phi) is 4.45. The van der Waals surface area contributed by atoms with Crippen LogP contribution in [-0.2, 0) is 12.7 Å². The maximum absolute atomic E-state index is 13.5. The molecule has 0 saturated carbocycles. The largest absolute Gasteiger partial charge is 0.477 e. The number of alkyl halides is 3. The lowest BCUT2D eigenvalue weighted by atomic mass is 10.1. The second kappa shape index (κ2) is 6.58. The van der Waals surface area contributed by atoms with Crippen molar-refractivity contribution in [2.45, 2.75) is 12.7 Å². The lowest BCUT2D eigenvalue weighted by Gasteiger charge is -2.13. The second-order valence-corrected chi connectivity index (χ2v) is 5.35. The highest BCUT2D eigenvalue weighted by Gasteiger charge is 2.38. The van der Waals surface area contributed by atoms with E-state index in [0.717, 1.165) is 18.2 Å². The van der Waals surface area contributed by atoms with Crippen molar-refractivity contribution in [3.05, 3.63) is 71.8 Å². The fourth-order valence-electron chi connectivity index (χ4n) is 2.58. The number of aromatic nitrogens is 3. The van der Waals surface area contributed by atoms with E-state index in [1.807, 2.05) is 0 Å². The number of carboxylic acid groups (broad SMARTS) is 1. The molecule has 2 aromatic heterocycles. The molecule has 0 aliphatic carbocycles. The molecule has 0 saturated heterocycles. The van der Waals surface area contributed by atoms with Gasteiger partial charge in [0, 0.05) is 18.0 Å². The van der Waals surface area contributed by atoms with Gasteiger partial charge in [0.05, 0.1) is 6.54 Å². The molecule has 0 spiro atoms. The Hall–Kier alpha value is -3.23. The minimum absolute atomic E-state index is 0.0294. The average molecular weight is 365 g/mol. The normalized spacial score (nSPS) is 11.5. The number of carboxylic acids is 1. The number of aromatic carboxylic acids is 1. The topological polar surface area (TPSA) is 68.0 Å². The molecule has 5 nitrogen and oxygen atoms in total. The predicted octanol–water partition coefficient (Wildman–Crippen LogP) is 3.85. The number of hydrogen-bond donors (Lipinski definition) is 1. The van der Waals surface area contributed by atoms with Crippen molar-refractivity contribution < 1.29 is 27.5 Å². The molecular weight excluding hydrogens is 354 g/mol. The van der Waals surface area contributed by atoms with Crippen molar-refractivity contribution >= 4 is 5.97 Å². The van der Waals surface area contributed by atoms with Gasteiger partial charge >= 0.3 is 12.1 Å². The maximum Gasteiger partial charge on any atom is 0.431 e. The van der Waals surface area contributed by atoms with Crippen LogP contribution in [0.3, 0.4) is 0 Å². The zero-order valence-electron chi connectivity index (χ0n) is 13.0. The summed E-state index contributed by atoms with van der Waals surface area (Å²) in [5.41, 5.74) is -1.74. The summed E-state index contributed by atoms with van der Waals surface area (Å²) in [4.78, 5) is 19.4. The number of hydrogen-bond acceptors (Lipinski definition) is 3. The number of rotatable bonds is 4. The maximum atomic E-state index is 13.5. The van der Waals surface area contributed by atoms with E-state index >= 15 is 0 Å². The SMILES string of the molecule is O=C(O)c1c(-c2ccc(F)cc2)cc(C(F)(F)F)n1Cc1ncccn1. The van der Waals surface area contributed by atoms with Crippen LogP contribution in [0.25, 0.3) is 11.1 Å².